The average molecular weight is 218 g/mol. The molecule has 0 aromatic rings. The minimum Gasteiger partial charge on any atom is -0.179 e. The normalized spacial score (nSPS) is 9.86. The van der Waals surface area contributed by atoms with Crippen LogP contribution in [0.25, 0.3) is 0 Å². The van der Waals surface area contributed by atoms with Gasteiger partial charge >= 0.3 is 0 Å². The first-order chi connectivity index (χ1) is 6.41. The van der Waals surface area contributed by atoms with Crippen molar-refractivity contribution in [1.82, 2.24) is 0 Å². The molecule has 0 aromatic heterocycles. The highest BCUT2D eigenvalue weighted by atomic mass is 32.1. The zero-order valence-electron chi connectivity index (χ0n) is 9.23. The summed E-state index contributed by atoms with van der Waals surface area (Å²) in [4.78, 5) is 0. The number of hydrogen-bond donors (Lipinski definition) is 1. The summed E-state index contributed by atoms with van der Waals surface area (Å²) in [5.74, 6) is 1.07. The Morgan fingerprint density at radius 2 is 1.00 bits per heavy atom. The Morgan fingerprint density at radius 1 is 0.643 bits per heavy atom. The number of unbranched alkanes of at least 4 members (excludes halogenated alkanes) is 9. The first kappa shape index (κ1) is 16.8. The highest BCUT2D eigenvalue weighted by molar-refractivity contribution is 7.80. The lowest BCUT2D eigenvalue weighted by Crippen LogP contribution is -1.81. The topological polar surface area (TPSA) is 0 Å². The van der Waals surface area contributed by atoms with Crippen molar-refractivity contribution in [2.24, 2.45) is 0 Å². The second-order valence-electron chi connectivity index (χ2n) is 3.91. The summed E-state index contributed by atoms with van der Waals surface area (Å²) in [6, 6.07) is 0. The molecule has 0 saturated heterocycles. The summed E-state index contributed by atoms with van der Waals surface area (Å²) in [6.07, 6.45) is 14.2. The standard InChI is InChI=1S/C12H26S.CH4/c1-2-3-4-5-6-7-8-9-10-11-12-13;/h13H,2-12H2,1H3;1H4. The molecule has 0 aromatic carbocycles. The van der Waals surface area contributed by atoms with Crippen molar-refractivity contribution in [3.05, 3.63) is 0 Å². The van der Waals surface area contributed by atoms with Gasteiger partial charge in [-0.3, -0.25) is 0 Å². The molecule has 0 heterocycles. The molecule has 0 aliphatic rings. The number of thiol groups is 1. The van der Waals surface area contributed by atoms with Crippen LogP contribution in [0.3, 0.4) is 0 Å². The van der Waals surface area contributed by atoms with E-state index < -0.39 is 0 Å². The van der Waals surface area contributed by atoms with Crippen LogP contribution in [-0.4, -0.2) is 5.75 Å². The molecule has 0 N–H and O–H groups in total. The molecule has 0 unspecified atom stereocenters. The van der Waals surface area contributed by atoms with Gasteiger partial charge < -0.3 is 0 Å². The van der Waals surface area contributed by atoms with E-state index in [9.17, 15) is 0 Å². The van der Waals surface area contributed by atoms with Crippen molar-refractivity contribution in [2.45, 2.75) is 78.6 Å². The van der Waals surface area contributed by atoms with E-state index in [1.165, 1.54) is 64.2 Å². The van der Waals surface area contributed by atoms with Crippen molar-refractivity contribution in [3.8, 4) is 0 Å². The van der Waals surface area contributed by atoms with Gasteiger partial charge in [0, 0.05) is 0 Å². The lowest BCUT2D eigenvalue weighted by Gasteiger charge is -2.00. The molecular weight excluding hydrogens is 188 g/mol. The molecule has 0 nitrogen and oxygen atoms in total. The molecule has 88 valence electrons. The van der Waals surface area contributed by atoms with Gasteiger partial charge in [0.25, 0.3) is 0 Å². The minimum absolute atomic E-state index is 0. The molecule has 14 heavy (non-hydrogen) atoms. The highest BCUT2D eigenvalue weighted by Crippen LogP contribution is 2.10. The average Bonchev–Trinajstić information content (AvgIpc) is 2.16. The molecule has 0 aliphatic carbocycles. The van der Waals surface area contributed by atoms with Crippen LogP contribution in [0, 0.1) is 0 Å². The third kappa shape index (κ3) is 14.9. The molecule has 0 bridgehead atoms. The Bertz CT molecular complexity index is 71.3. The molecule has 0 spiro atoms. The van der Waals surface area contributed by atoms with E-state index in [1.54, 1.807) is 0 Å². The van der Waals surface area contributed by atoms with E-state index in [2.05, 4.69) is 19.6 Å². The van der Waals surface area contributed by atoms with Gasteiger partial charge in [0.15, 0.2) is 0 Å². The smallest absolute Gasteiger partial charge is 0.00979 e. The number of rotatable bonds is 10. The summed E-state index contributed by atoms with van der Waals surface area (Å²) < 4.78 is 0. The van der Waals surface area contributed by atoms with Crippen LogP contribution in [0.15, 0.2) is 0 Å². The Kier molecular flexibility index (Phi) is 18.9. The van der Waals surface area contributed by atoms with E-state index in [4.69, 9.17) is 0 Å². The SMILES string of the molecule is C.CCCCCCCCCCCCS. The predicted molar refractivity (Wildman–Crippen MR) is 72.4 cm³/mol. The lowest BCUT2D eigenvalue weighted by atomic mass is 10.1. The fourth-order valence-corrected chi connectivity index (χ4v) is 1.82. The molecule has 0 rings (SSSR count). The van der Waals surface area contributed by atoms with E-state index in [0.717, 1.165) is 5.75 Å². The van der Waals surface area contributed by atoms with Crippen molar-refractivity contribution >= 4 is 12.6 Å². The van der Waals surface area contributed by atoms with E-state index in [1.807, 2.05) is 0 Å². The maximum absolute atomic E-state index is 4.20. The molecule has 0 atom stereocenters. The molecule has 0 saturated carbocycles. The molecule has 0 amide bonds. The van der Waals surface area contributed by atoms with E-state index in [0.29, 0.717) is 0 Å². The zero-order valence-corrected chi connectivity index (χ0v) is 10.1. The van der Waals surface area contributed by atoms with Crippen LogP contribution >= 0.6 is 12.6 Å². The van der Waals surface area contributed by atoms with Crippen LogP contribution in [0.4, 0.5) is 0 Å². The van der Waals surface area contributed by atoms with Gasteiger partial charge in [0.05, 0.1) is 0 Å². The zero-order chi connectivity index (χ0) is 9.78. The van der Waals surface area contributed by atoms with Crippen molar-refractivity contribution in [3.63, 3.8) is 0 Å². The molecular formula is C13H30S. The Hall–Kier alpha value is 0.350. The fourth-order valence-electron chi connectivity index (χ4n) is 1.60. The van der Waals surface area contributed by atoms with Gasteiger partial charge in [-0.15, -0.1) is 0 Å². The summed E-state index contributed by atoms with van der Waals surface area (Å²) in [7, 11) is 0. The van der Waals surface area contributed by atoms with Crippen molar-refractivity contribution in [2.75, 3.05) is 5.75 Å². The van der Waals surface area contributed by atoms with Gasteiger partial charge in [-0.05, 0) is 12.2 Å². The Balaban J connectivity index is 0. The van der Waals surface area contributed by atoms with Crippen LogP contribution in [0.2, 0.25) is 0 Å². The van der Waals surface area contributed by atoms with E-state index >= 15 is 0 Å². The summed E-state index contributed by atoms with van der Waals surface area (Å²) >= 11 is 4.20. The summed E-state index contributed by atoms with van der Waals surface area (Å²) in [5, 5.41) is 0. The third-order valence-corrected chi connectivity index (χ3v) is 2.83. The molecule has 0 radical (unpaired) electrons. The van der Waals surface area contributed by atoms with Crippen LogP contribution in [0.5, 0.6) is 0 Å². The van der Waals surface area contributed by atoms with Crippen LogP contribution < -0.4 is 0 Å². The largest absolute Gasteiger partial charge is 0.179 e. The summed E-state index contributed by atoms with van der Waals surface area (Å²) in [5.41, 5.74) is 0. The maximum atomic E-state index is 4.20. The Labute approximate surface area is 97.3 Å². The fraction of sp³-hybridized carbons (Fsp3) is 1.00. The lowest BCUT2D eigenvalue weighted by molar-refractivity contribution is 0.563. The predicted octanol–water partition coefficient (Wildman–Crippen LogP) is 5.47. The highest BCUT2D eigenvalue weighted by Gasteiger charge is 1.91. The minimum atomic E-state index is 0. The first-order valence-electron chi connectivity index (χ1n) is 6.02. The van der Waals surface area contributed by atoms with Gasteiger partial charge in [-0.2, -0.15) is 12.6 Å². The van der Waals surface area contributed by atoms with E-state index in [-0.39, 0.29) is 7.43 Å². The van der Waals surface area contributed by atoms with Crippen LogP contribution in [0.1, 0.15) is 78.6 Å². The molecule has 0 aliphatic heterocycles. The van der Waals surface area contributed by atoms with Crippen LogP contribution in [-0.2, 0) is 0 Å². The van der Waals surface area contributed by atoms with Crippen molar-refractivity contribution < 1.29 is 0 Å². The quantitative estimate of drug-likeness (QED) is 0.364. The molecule has 0 fully saturated rings. The summed E-state index contributed by atoms with van der Waals surface area (Å²) in [6.45, 7) is 2.28. The van der Waals surface area contributed by atoms with Crippen molar-refractivity contribution in [1.29, 1.82) is 0 Å². The number of hydrogen-bond acceptors (Lipinski definition) is 1. The van der Waals surface area contributed by atoms with Gasteiger partial charge in [0.2, 0.25) is 0 Å². The second-order valence-corrected chi connectivity index (χ2v) is 4.35. The first-order valence-corrected chi connectivity index (χ1v) is 6.66. The Morgan fingerprint density at radius 3 is 1.36 bits per heavy atom. The van der Waals surface area contributed by atoms with Gasteiger partial charge in [0.1, 0.15) is 0 Å². The third-order valence-electron chi connectivity index (χ3n) is 2.51. The monoisotopic (exact) mass is 218 g/mol. The van der Waals surface area contributed by atoms with Gasteiger partial charge in [-0.1, -0.05) is 72.1 Å². The second kappa shape index (κ2) is 15.8. The van der Waals surface area contributed by atoms with Gasteiger partial charge in [-0.25, -0.2) is 0 Å². The molecule has 1 heteroatoms. The maximum Gasteiger partial charge on any atom is -0.00979 e.